The van der Waals surface area contributed by atoms with Crippen molar-refractivity contribution in [3.05, 3.63) is 36.2 Å². The predicted molar refractivity (Wildman–Crippen MR) is 112 cm³/mol. The van der Waals surface area contributed by atoms with E-state index in [0.717, 1.165) is 29.5 Å². The molecule has 0 unspecified atom stereocenters. The van der Waals surface area contributed by atoms with Crippen LogP contribution in [0.25, 0.3) is 11.4 Å². The van der Waals surface area contributed by atoms with Crippen LogP contribution in [0.1, 0.15) is 44.6 Å². The van der Waals surface area contributed by atoms with Crippen LogP contribution in [0.2, 0.25) is 0 Å². The number of nitrogens with zero attached hydrogens (tertiary/aromatic N) is 3. The van der Waals surface area contributed by atoms with Crippen LogP contribution in [0.3, 0.4) is 0 Å². The second-order valence-corrected chi connectivity index (χ2v) is 6.21. The first kappa shape index (κ1) is 19.7. The van der Waals surface area contributed by atoms with E-state index in [0.29, 0.717) is 12.6 Å². The summed E-state index contributed by atoms with van der Waals surface area (Å²) in [7, 11) is 0. The molecule has 1 fully saturated rings. The lowest BCUT2D eigenvalue weighted by atomic mass is 9.96. The predicted octanol–water partition coefficient (Wildman–Crippen LogP) is 3.48. The van der Waals surface area contributed by atoms with E-state index in [1.165, 1.54) is 38.4 Å². The summed E-state index contributed by atoms with van der Waals surface area (Å²) in [6.45, 7) is 3.61. The van der Waals surface area contributed by atoms with Gasteiger partial charge < -0.3 is 10.6 Å². The van der Waals surface area contributed by atoms with Crippen LogP contribution in [-0.4, -0.2) is 33.7 Å². The van der Waals surface area contributed by atoms with Crippen molar-refractivity contribution in [3.63, 3.8) is 0 Å². The summed E-state index contributed by atoms with van der Waals surface area (Å²) < 4.78 is 0. The number of hydrogen-bond donors (Lipinski definition) is 3. The maximum absolute atomic E-state index is 4.75. The summed E-state index contributed by atoms with van der Waals surface area (Å²) in [5.74, 6) is 1.70. The van der Waals surface area contributed by atoms with Crippen LogP contribution < -0.4 is 10.6 Å². The SMILES string of the molecule is CCNC(=NCc1cccc(-c2ncn[nH]2)c1)NC1CCCCC1.I. The summed E-state index contributed by atoms with van der Waals surface area (Å²) in [4.78, 5) is 8.95. The van der Waals surface area contributed by atoms with Gasteiger partial charge in [-0.15, -0.1) is 24.0 Å². The van der Waals surface area contributed by atoms with Gasteiger partial charge in [-0.25, -0.2) is 9.98 Å². The summed E-state index contributed by atoms with van der Waals surface area (Å²) in [6, 6.07) is 8.81. The molecule has 1 aromatic carbocycles. The molecular formula is C18H27IN6. The standard InChI is InChI=1S/C18H26N6.HI/c1-2-19-18(23-16-9-4-3-5-10-16)20-12-14-7-6-8-15(11-14)17-21-13-22-24-17;/h6-8,11,13,16H,2-5,9-10,12H2,1H3,(H2,19,20,23)(H,21,22,24);1H. The second-order valence-electron chi connectivity index (χ2n) is 6.21. The van der Waals surface area contributed by atoms with Crippen molar-refractivity contribution in [2.75, 3.05) is 6.54 Å². The summed E-state index contributed by atoms with van der Waals surface area (Å²) in [5.41, 5.74) is 2.19. The van der Waals surface area contributed by atoms with Crippen molar-refractivity contribution in [3.8, 4) is 11.4 Å². The van der Waals surface area contributed by atoms with Crippen LogP contribution in [-0.2, 0) is 6.54 Å². The molecule has 0 bridgehead atoms. The van der Waals surface area contributed by atoms with Gasteiger partial charge in [0.05, 0.1) is 6.54 Å². The summed E-state index contributed by atoms with van der Waals surface area (Å²) >= 11 is 0. The smallest absolute Gasteiger partial charge is 0.191 e. The van der Waals surface area contributed by atoms with Gasteiger partial charge in [0.1, 0.15) is 6.33 Å². The van der Waals surface area contributed by atoms with E-state index in [1.54, 1.807) is 0 Å². The quantitative estimate of drug-likeness (QED) is 0.367. The fraction of sp³-hybridized carbons (Fsp3) is 0.500. The normalized spacial score (nSPS) is 15.5. The Balaban J connectivity index is 0.00000225. The fourth-order valence-electron chi connectivity index (χ4n) is 3.09. The van der Waals surface area contributed by atoms with E-state index < -0.39 is 0 Å². The number of guanidine groups is 1. The Kier molecular flexibility index (Phi) is 8.17. The van der Waals surface area contributed by atoms with Gasteiger partial charge in [0.25, 0.3) is 0 Å². The summed E-state index contributed by atoms with van der Waals surface area (Å²) in [6.07, 6.45) is 8.00. The minimum atomic E-state index is 0. The Morgan fingerprint density at radius 3 is 2.84 bits per heavy atom. The maximum Gasteiger partial charge on any atom is 0.191 e. The Labute approximate surface area is 166 Å². The van der Waals surface area contributed by atoms with Crippen molar-refractivity contribution in [2.45, 2.75) is 51.6 Å². The number of halogens is 1. The van der Waals surface area contributed by atoms with E-state index in [9.17, 15) is 0 Å². The van der Waals surface area contributed by atoms with Crippen molar-refractivity contribution >= 4 is 29.9 Å². The molecule has 0 aliphatic heterocycles. The molecule has 3 rings (SSSR count). The highest BCUT2D eigenvalue weighted by Gasteiger charge is 2.14. The number of nitrogens with one attached hydrogen (secondary N) is 3. The highest BCUT2D eigenvalue weighted by Crippen LogP contribution is 2.18. The maximum atomic E-state index is 4.75. The number of H-pyrrole nitrogens is 1. The molecule has 1 aliphatic rings. The molecule has 3 N–H and O–H groups in total. The highest BCUT2D eigenvalue weighted by atomic mass is 127. The number of hydrogen-bond acceptors (Lipinski definition) is 3. The van der Waals surface area contributed by atoms with Gasteiger partial charge in [0.15, 0.2) is 11.8 Å². The number of rotatable bonds is 5. The number of aliphatic imine (C=N–C) groups is 1. The number of aromatic nitrogens is 3. The number of aromatic amines is 1. The van der Waals surface area contributed by atoms with Crippen LogP contribution in [0.5, 0.6) is 0 Å². The Morgan fingerprint density at radius 1 is 1.28 bits per heavy atom. The minimum Gasteiger partial charge on any atom is -0.357 e. The third-order valence-electron chi connectivity index (χ3n) is 4.33. The van der Waals surface area contributed by atoms with Crippen LogP contribution >= 0.6 is 24.0 Å². The van der Waals surface area contributed by atoms with Gasteiger partial charge in [-0.3, -0.25) is 5.10 Å². The van der Waals surface area contributed by atoms with Crippen molar-refractivity contribution in [1.82, 2.24) is 25.8 Å². The zero-order valence-electron chi connectivity index (χ0n) is 14.7. The van der Waals surface area contributed by atoms with E-state index in [4.69, 9.17) is 4.99 Å². The first-order chi connectivity index (χ1) is 11.8. The lowest BCUT2D eigenvalue weighted by Crippen LogP contribution is -2.44. The minimum absolute atomic E-state index is 0. The molecule has 2 aromatic rings. The molecule has 0 radical (unpaired) electrons. The van der Waals surface area contributed by atoms with Crippen LogP contribution in [0.15, 0.2) is 35.6 Å². The van der Waals surface area contributed by atoms with Crippen molar-refractivity contribution in [1.29, 1.82) is 0 Å². The summed E-state index contributed by atoms with van der Waals surface area (Å²) in [5, 5.41) is 13.7. The monoisotopic (exact) mass is 454 g/mol. The molecule has 1 aromatic heterocycles. The molecule has 0 spiro atoms. The zero-order chi connectivity index (χ0) is 16.6. The van der Waals surface area contributed by atoms with Crippen LogP contribution in [0, 0.1) is 0 Å². The average molecular weight is 454 g/mol. The lowest BCUT2D eigenvalue weighted by Gasteiger charge is -2.24. The van der Waals surface area contributed by atoms with Gasteiger partial charge in [-0.05, 0) is 31.4 Å². The highest BCUT2D eigenvalue weighted by molar-refractivity contribution is 14.0. The molecule has 1 saturated carbocycles. The molecule has 1 aliphatic carbocycles. The van der Waals surface area contributed by atoms with E-state index in [1.807, 2.05) is 12.1 Å². The molecule has 1 heterocycles. The van der Waals surface area contributed by atoms with E-state index in [2.05, 4.69) is 44.9 Å². The molecule has 0 amide bonds. The van der Waals surface area contributed by atoms with Crippen molar-refractivity contribution < 1.29 is 0 Å². The Bertz CT molecular complexity index is 649. The molecule has 136 valence electrons. The first-order valence-electron chi connectivity index (χ1n) is 8.84. The zero-order valence-corrected chi connectivity index (χ0v) is 17.0. The fourth-order valence-corrected chi connectivity index (χ4v) is 3.09. The van der Waals surface area contributed by atoms with Gasteiger partial charge in [-0.1, -0.05) is 37.5 Å². The molecule has 7 heteroatoms. The average Bonchev–Trinajstić information content (AvgIpc) is 3.16. The molecule has 6 nitrogen and oxygen atoms in total. The first-order valence-corrected chi connectivity index (χ1v) is 8.84. The Hall–Kier alpha value is -1.64. The van der Waals surface area contributed by atoms with Crippen molar-refractivity contribution in [2.24, 2.45) is 4.99 Å². The third-order valence-corrected chi connectivity index (χ3v) is 4.33. The molecule has 0 saturated heterocycles. The lowest BCUT2D eigenvalue weighted by molar-refractivity contribution is 0.410. The van der Waals surface area contributed by atoms with Gasteiger partial charge in [0.2, 0.25) is 0 Å². The molecule has 0 atom stereocenters. The Morgan fingerprint density at radius 2 is 2.12 bits per heavy atom. The third kappa shape index (κ3) is 5.98. The van der Waals surface area contributed by atoms with E-state index >= 15 is 0 Å². The molecule has 25 heavy (non-hydrogen) atoms. The topological polar surface area (TPSA) is 78.0 Å². The van der Waals surface area contributed by atoms with E-state index in [-0.39, 0.29) is 24.0 Å². The van der Waals surface area contributed by atoms with Gasteiger partial charge in [-0.2, -0.15) is 5.10 Å². The molecular weight excluding hydrogens is 427 g/mol. The second kappa shape index (κ2) is 10.4. The van der Waals surface area contributed by atoms with Crippen LogP contribution in [0.4, 0.5) is 0 Å². The van der Waals surface area contributed by atoms with Gasteiger partial charge >= 0.3 is 0 Å². The largest absolute Gasteiger partial charge is 0.357 e. The number of benzene rings is 1. The van der Waals surface area contributed by atoms with Gasteiger partial charge in [0, 0.05) is 18.2 Å².